The van der Waals surface area contributed by atoms with E-state index in [1.165, 1.54) is 6.42 Å². The van der Waals surface area contributed by atoms with E-state index in [-0.39, 0.29) is 0 Å². The Kier molecular flexibility index (Phi) is 3.72. The summed E-state index contributed by atoms with van der Waals surface area (Å²) in [6, 6.07) is 2.30. The topological polar surface area (TPSA) is 71.8 Å². The van der Waals surface area contributed by atoms with Crippen LogP contribution in [0.25, 0.3) is 5.95 Å². The Bertz CT molecular complexity index is 595. The number of hydrogen-bond donors (Lipinski definition) is 1. The molecule has 1 fully saturated rings. The van der Waals surface area contributed by atoms with Crippen molar-refractivity contribution in [2.75, 3.05) is 23.3 Å². The zero-order chi connectivity index (χ0) is 14.8. The molecule has 7 heteroatoms. The third kappa shape index (κ3) is 2.81. The fraction of sp³-hybridized carbons (Fsp3) is 0.571. The second-order valence-corrected chi connectivity index (χ2v) is 5.58. The molecule has 1 aliphatic heterocycles. The van der Waals surface area contributed by atoms with Crippen LogP contribution in [-0.2, 0) is 0 Å². The monoisotopic (exact) mass is 287 g/mol. The van der Waals surface area contributed by atoms with Gasteiger partial charge in [0.25, 0.3) is 5.95 Å². The number of hydrogen-bond acceptors (Lipinski definition) is 6. The van der Waals surface area contributed by atoms with Gasteiger partial charge in [-0.25, -0.2) is 4.68 Å². The van der Waals surface area contributed by atoms with Crippen molar-refractivity contribution >= 4 is 11.9 Å². The van der Waals surface area contributed by atoms with Crippen molar-refractivity contribution in [2.45, 2.75) is 33.2 Å². The molecule has 2 aromatic heterocycles. The molecule has 0 amide bonds. The van der Waals surface area contributed by atoms with E-state index >= 15 is 0 Å². The van der Waals surface area contributed by atoms with E-state index in [4.69, 9.17) is 0 Å². The lowest BCUT2D eigenvalue weighted by atomic mass is 10.1. The molecular formula is C14H21N7. The molecule has 1 saturated heterocycles. The van der Waals surface area contributed by atoms with Crippen molar-refractivity contribution in [3.8, 4) is 5.95 Å². The van der Waals surface area contributed by atoms with E-state index in [1.807, 2.05) is 19.2 Å². The van der Waals surface area contributed by atoms with Gasteiger partial charge in [-0.05, 0) is 32.3 Å². The average Bonchev–Trinajstić information content (AvgIpc) is 3.08. The van der Waals surface area contributed by atoms with Crippen molar-refractivity contribution in [1.82, 2.24) is 24.7 Å². The number of aromatic nitrogens is 5. The van der Waals surface area contributed by atoms with Crippen molar-refractivity contribution in [3.63, 3.8) is 0 Å². The molecule has 2 unspecified atom stereocenters. The Balaban J connectivity index is 1.99. The minimum Gasteiger partial charge on any atom is -0.354 e. The van der Waals surface area contributed by atoms with Crippen LogP contribution >= 0.6 is 0 Å². The zero-order valence-electron chi connectivity index (χ0n) is 12.7. The predicted molar refractivity (Wildman–Crippen MR) is 81.7 cm³/mol. The van der Waals surface area contributed by atoms with Crippen LogP contribution in [0.2, 0.25) is 0 Å². The summed E-state index contributed by atoms with van der Waals surface area (Å²) in [5.41, 5.74) is 0. The van der Waals surface area contributed by atoms with E-state index in [1.54, 1.807) is 10.9 Å². The van der Waals surface area contributed by atoms with Crippen LogP contribution in [-0.4, -0.2) is 43.9 Å². The van der Waals surface area contributed by atoms with E-state index in [0.717, 1.165) is 19.0 Å². The van der Waals surface area contributed by atoms with Crippen molar-refractivity contribution in [2.24, 2.45) is 5.92 Å². The van der Waals surface area contributed by atoms with E-state index < -0.39 is 0 Å². The molecule has 3 rings (SSSR count). The Labute approximate surface area is 124 Å². The van der Waals surface area contributed by atoms with Crippen LogP contribution in [0, 0.1) is 5.92 Å². The third-order valence-corrected chi connectivity index (χ3v) is 3.70. The molecule has 1 aliphatic rings. The van der Waals surface area contributed by atoms with Gasteiger partial charge in [-0.2, -0.15) is 20.1 Å². The summed E-state index contributed by atoms with van der Waals surface area (Å²) in [5.74, 6) is 2.53. The Morgan fingerprint density at radius 2 is 2.05 bits per heavy atom. The number of nitrogens with one attached hydrogen (secondary N) is 1. The van der Waals surface area contributed by atoms with Gasteiger partial charge in [0.05, 0.1) is 0 Å². The molecule has 7 nitrogen and oxygen atoms in total. The largest absolute Gasteiger partial charge is 0.354 e. The molecule has 2 atom stereocenters. The highest BCUT2D eigenvalue weighted by Gasteiger charge is 2.29. The molecule has 21 heavy (non-hydrogen) atoms. The molecule has 2 aromatic rings. The third-order valence-electron chi connectivity index (χ3n) is 3.70. The Morgan fingerprint density at radius 1 is 1.24 bits per heavy atom. The summed E-state index contributed by atoms with van der Waals surface area (Å²) in [4.78, 5) is 15.8. The normalized spacial score (nSPS) is 21.8. The maximum absolute atomic E-state index is 4.59. The van der Waals surface area contributed by atoms with E-state index in [9.17, 15) is 0 Å². The van der Waals surface area contributed by atoms with Gasteiger partial charge in [-0.15, -0.1) is 0 Å². The number of rotatable bonds is 4. The molecule has 0 aliphatic carbocycles. The highest BCUT2D eigenvalue weighted by atomic mass is 15.4. The summed E-state index contributed by atoms with van der Waals surface area (Å²) < 4.78 is 1.66. The smallest absolute Gasteiger partial charge is 0.257 e. The quantitative estimate of drug-likeness (QED) is 0.923. The lowest BCUT2D eigenvalue weighted by Crippen LogP contribution is -2.29. The first kappa shape index (κ1) is 13.8. The molecule has 112 valence electrons. The summed E-state index contributed by atoms with van der Waals surface area (Å²) in [7, 11) is 0. The molecule has 3 heterocycles. The summed E-state index contributed by atoms with van der Waals surface area (Å²) in [6.45, 7) is 8.26. The summed E-state index contributed by atoms with van der Waals surface area (Å²) >= 11 is 0. The van der Waals surface area contributed by atoms with Gasteiger partial charge in [0, 0.05) is 31.5 Å². The molecule has 0 aromatic carbocycles. The van der Waals surface area contributed by atoms with Crippen LogP contribution in [0.5, 0.6) is 0 Å². The van der Waals surface area contributed by atoms with Gasteiger partial charge in [-0.1, -0.05) is 6.92 Å². The highest BCUT2D eigenvalue weighted by Crippen LogP contribution is 2.26. The zero-order valence-corrected chi connectivity index (χ0v) is 12.7. The SMILES string of the molecule is CCNc1nc(N2CC(C)CC2C)nc(-n2cccn2)n1. The van der Waals surface area contributed by atoms with Gasteiger partial charge < -0.3 is 10.2 Å². The maximum atomic E-state index is 4.59. The fourth-order valence-corrected chi connectivity index (χ4v) is 2.79. The van der Waals surface area contributed by atoms with Crippen LogP contribution in [0.1, 0.15) is 27.2 Å². The van der Waals surface area contributed by atoms with Gasteiger partial charge in [0.1, 0.15) is 0 Å². The Hall–Kier alpha value is -2.18. The molecule has 0 bridgehead atoms. The minimum absolute atomic E-state index is 0.447. The fourth-order valence-electron chi connectivity index (χ4n) is 2.79. The van der Waals surface area contributed by atoms with Crippen LogP contribution < -0.4 is 10.2 Å². The molecular weight excluding hydrogens is 266 g/mol. The highest BCUT2D eigenvalue weighted by molar-refractivity contribution is 5.41. The van der Waals surface area contributed by atoms with Gasteiger partial charge in [0.2, 0.25) is 11.9 Å². The first-order valence-electron chi connectivity index (χ1n) is 7.44. The van der Waals surface area contributed by atoms with Gasteiger partial charge >= 0.3 is 0 Å². The van der Waals surface area contributed by atoms with Crippen LogP contribution in [0.15, 0.2) is 18.5 Å². The standard InChI is InChI=1S/C14H21N7/c1-4-15-12-17-13(20-9-10(2)8-11(20)3)19-14(18-12)21-7-5-6-16-21/h5-7,10-11H,4,8-9H2,1-3H3,(H,15,17,18,19). The van der Waals surface area contributed by atoms with Gasteiger partial charge in [-0.3, -0.25) is 0 Å². The maximum Gasteiger partial charge on any atom is 0.257 e. The molecule has 0 saturated carbocycles. The molecule has 1 N–H and O–H groups in total. The van der Waals surface area contributed by atoms with Crippen LogP contribution in [0.4, 0.5) is 11.9 Å². The van der Waals surface area contributed by atoms with Crippen molar-refractivity contribution in [3.05, 3.63) is 18.5 Å². The van der Waals surface area contributed by atoms with Gasteiger partial charge in [0.15, 0.2) is 0 Å². The second-order valence-electron chi connectivity index (χ2n) is 5.58. The first-order valence-corrected chi connectivity index (χ1v) is 7.44. The lowest BCUT2D eigenvalue weighted by molar-refractivity contribution is 0.624. The van der Waals surface area contributed by atoms with Crippen molar-refractivity contribution in [1.29, 1.82) is 0 Å². The van der Waals surface area contributed by atoms with Crippen molar-refractivity contribution < 1.29 is 0 Å². The number of anilines is 2. The minimum atomic E-state index is 0.447. The predicted octanol–water partition coefficient (Wildman–Crippen LogP) is 1.72. The summed E-state index contributed by atoms with van der Waals surface area (Å²) in [6.07, 6.45) is 4.72. The van der Waals surface area contributed by atoms with E-state index in [2.05, 4.69) is 44.1 Å². The second kappa shape index (κ2) is 5.67. The Morgan fingerprint density at radius 3 is 2.67 bits per heavy atom. The van der Waals surface area contributed by atoms with Crippen LogP contribution in [0.3, 0.4) is 0 Å². The first-order chi connectivity index (χ1) is 10.2. The summed E-state index contributed by atoms with van der Waals surface area (Å²) in [5, 5.41) is 7.38. The lowest BCUT2D eigenvalue weighted by Gasteiger charge is -2.22. The number of nitrogens with zero attached hydrogens (tertiary/aromatic N) is 6. The average molecular weight is 287 g/mol. The molecule has 0 spiro atoms. The van der Waals surface area contributed by atoms with E-state index in [0.29, 0.717) is 23.9 Å². The molecule has 0 radical (unpaired) electrons.